The Hall–Kier alpha value is -0.120. The van der Waals surface area contributed by atoms with Crippen molar-refractivity contribution >= 4 is 0 Å². The molecule has 0 spiro atoms. The molecule has 0 aliphatic heterocycles. The van der Waals surface area contributed by atoms with Crippen molar-refractivity contribution in [3.05, 3.63) is 0 Å². The fourth-order valence-electron chi connectivity index (χ4n) is 2.08. The van der Waals surface area contributed by atoms with Gasteiger partial charge in [-0.1, -0.05) is 0 Å². The predicted molar refractivity (Wildman–Crippen MR) is 68.9 cm³/mol. The number of nitrogens with zero attached hydrogens (tertiary/aromatic N) is 1. The van der Waals surface area contributed by atoms with E-state index in [4.69, 9.17) is 9.47 Å². The molecular formula is C13H29NO2. The molecule has 0 aromatic heterocycles. The Morgan fingerprint density at radius 3 is 1.69 bits per heavy atom. The zero-order valence-electron chi connectivity index (χ0n) is 12.1. The first-order valence-electron chi connectivity index (χ1n) is 6.04. The van der Waals surface area contributed by atoms with Crippen LogP contribution in [0.1, 0.15) is 41.5 Å². The van der Waals surface area contributed by atoms with Crippen molar-refractivity contribution in [1.29, 1.82) is 0 Å². The van der Waals surface area contributed by atoms with E-state index in [2.05, 4.69) is 46.4 Å². The second kappa shape index (κ2) is 6.58. The Balaban J connectivity index is 4.06. The van der Waals surface area contributed by atoms with Crippen molar-refractivity contribution in [2.24, 2.45) is 0 Å². The van der Waals surface area contributed by atoms with E-state index in [0.717, 1.165) is 13.2 Å². The van der Waals surface area contributed by atoms with Gasteiger partial charge in [0.25, 0.3) is 0 Å². The van der Waals surface area contributed by atoms with Gasteiger partial charge in [0.05, 0.1) is 19.8 Å². The second-order valence-corrected chi connectivity index (χ2v) is 6.10. The van der Waals surface area contributed by atoms with Gasteiger partial charge in [-0.25, -0.2) is 0 Å². The molecular weight excluding hydrogens is 202 g/mol. The van der Waals surface area contributed by atoms with E-state index in [-0.39, 0.29) is 11.1 Å². The first-order chi connectivity index (χ1) is 7.19. The predicted octanol–water partition coefficient (Wildman–Crippen LogP) is 2.55. The van der Waals surface area contributed by atoms with E-state index < -0.39 is 0 Å². The van der Waals surface area contributed by atoms with Crippen LogP contribution in [0, 0.1) is 0 Å². The summed E-state index contributed by atoms with van der Waals surface area (Å²) >= 11 is 0. The van der Waals surface area contributed by atoms with Crippen LogP contribution in [0.15, 0.2) is 0 Å². The molecule has 0 bridgehead atoms. The molecule has 0 saturated carbocycles. The Kier molecular flexibility index (Phi) is 6.53. The van der Waals surface area contributed by atoms with Crippen LogP contribution in [0.2, 0.25) is 0 Å². The van der Waals surface area contributed by atoms with Gasteiger partial charge in [0.1, 0.15) is 0 Å². The maximum Gasteiger partial charge on any atom is 0.0700 e. The highest BCUT2D eigenvalue weighted by Gasteiger charge is 2.30. The number of hydrogen-bond donors (Lipinski definition) is 0. The van der Waals surface area contributed by atoms with Crippen molar-refractivity contribution in [3.8, 4) is 0 Å². The van der Waals surface area contributed by atoms with Gasteiger partial charge >= 0.3 is 0 Å². The summed E-state index contributed by atoms with van der Waals surface area (Å²) in [6.07, 6.45) is 0. The number of ether oxygens (including phenoxy) is 2. The summed E-state index contributed by atoms with van der Waals surface area (Å²) in [6, 6.07) is 0. The van der Waals surface area contributed by atoms with Gasteiger partial charge in [-0.2, -0.15) is 0 Å². The zero-order chi connectivity index (χ0) is 12.8. The quantitative estimate of drug-likeness (QED) is 0.656. The van der Waals surface area contributed by atoms with Gasteiger partial charge in [0.2, 0.25) is 0 Å². The highest BCUT2D eigenvalue weighted by atomic mass is 16.5. The monoisotopic (exact) mass is 231 g/mol. The summed E-state index contributed by atoms with van der Waals surface area (Å²) in [5.41, 5.74) is 0.339. The van der Waals surface area contributed by atoms with Crippen molar-refractivity contribution in [2.45, 2.75) is 52.6 Å². The summed E-state index contributed by atoms with van der Waals surface area (Å²) in [6.45, 7) is 16.5. The molecule has 0 aliphatic carbocycles. The van der Waals surface area contributed by atoms with Crippen LogP contribution in [-0.2, 0) is 9.47 Å². The Labute approximate surface area is 101 Å². The molecule has 16 heavy (non-hydrogen) atoms. The van der Waals surface area contributed by atoms with Gasteiger partial charge in [0.15, 0.2) is 0 Å². The number of methoxy groups -OCH3 is 1. The smallest absolute Gasteiger partial charge is 0.0700 e. The van der Waals surface area contributed by atoms with Crippen LogP contribution in [0.25, 0.3) is 0 Å². The molecule has 0 amide bonds. The first-order valence-corrected chi connectivity index (χ1v) is 6.04. The molecule has 0 aliphatic rings. The zero-order valence-corrected chi connectivity index (χ0v) is 12.1. The summed E-state index contributed by atoms with van der Waals surface area (Å²) < 4.78 is 10.5. The standard InChI is InChI=1S/C13H29NO2/c1-12(2,3)14(13(4,5)6)8-9-16-11-10-15-7/h8-11H2,1-7H3. The summed E-state index contributed by atoms with van der Waals surface area (Å²) in [4.78, 5) is 2.47. The lowest BCUT2D eigenvalue weighted by molar-refractivity contribution is -0.00342. The maximum absolute atomic E-state index is 5.53. The molecule has 0 aromatic rings. The Morgan fingerprint density at radius 1 is 0.812 bits per heavy atom. The minimum Gasteiger partial charge on any atom is -0.382 e. The summed E-state index contributed by atoms with van der Waals surface area (Å²) in [5, 5.41) is 0. The Bertz CT molecular complexity index is 165. The molecule has 0 saturated heterocycles. The van der Waals surface area contributed by atoms with E-state index in [1.165, 1.54) is 0 Å². The summed E-state index contributed by atoms with van der Waals surface area (Å²) in [7, 11) is 1.69. The van der Waals surface area contributed by atoms with Gasteiger partial charge in [-0.05, 0) is 41.5 Å². The molecule has 0 N–H and O–H groups in total. The number of hydrogen-bond acceptors (Lipinski definition) is 3. The van der Waals surface area contributed by atoms with Crippen LogP contribution >= 0.6 is 0 Å². The van der Waals surface area contributed by atoms with Gasteiger partial charge in [-0.3, -0.25) is 4.90 Å². The second-order valence-electron chi connectivity index (χ2n) is 6.10. The van der Waals surface area contributed by atoms with Gasteiger partial charge in [-0.15, -0.1) is 0 Å². The van der Waals surface area contributed by atoms with Crippen LogP contribution in [0.4, 0.5) is 0 Å². The molecule has 3 nitrogen and oxygen atoms in total. The highest BCUT2D eigenvalue weighted by Crippen LogP contribution is 2.23. The minimum absolute atomic E-state index is 0.170. The van der Waals surface area contributed by atoms with Crippen LogP contribution in [-0.4, -0.2) is 49.5 Å². The fourth-order valence-corrected chi connectivity index (χ4v) is 2.08. The molecule has 0 heterocycles. The third kappa shape index (κ3) is 6.46. The lowest BCUT2D eigenvalue weighted by Crippen LogP contribution is -2.53. The van der Waals surface area contributed by atoms with E-state index in [0.29, 0.717) is 13.2 Å². The van der Waals surface area contributed by atoms with Crippen molar-refractivity contribution in [3.63, 3.8) is 0 Å². The highest BCUT2D eigenvalue weighted by molar-refractivity contribution is 4.86. The van der Waals surface area contributed by atoms with Crippen molar-refractivity contribution < 1.29 is 9.47 Å². The normalized spacial score (nSPS) is 13.5. The molecule has 0 rings (SSSR count). The number of rotatable bonds is 6. The topological polar surface area (TPSA) is 21.7 Å². The van der Waals surface area contributed by atoms with Crippen LogP contribution < -0.4 is 0 Å². The van der Waals surface area contributed by atoms with E-state index in [9.17, 15) is 0 Å². The van der Waals surface area contributed by atoms with Gasteiger partial charge < -0.3 is 9.47 Å². The molecule has 0 aromatic carbocycles. The minimum atomic E-state index is 0.170. The fraction of sp³-hybridized carbons (Fsp3) is 1.00. The van der Waals surface area contributed by atoms with Crippen LogP contribution in [0.5, 0.6) is 0 Å². The molecule has 0 fully saturated rings. The third-order valence-corrected chi connectivity index (χ3v) is 2.51. The van der Waals surface area contributed by atoms with E-state index in [1.54, 1.807) is 7.11 Å². The van der Waals surface area contributed by atoms with Gasteiger partial charge in [0, 0.05) is 24.7 Å². The lowest BCUT2D eigenvalue weighted by Gasteiger charge is -2.45. The average molecular weight is 231 g/mol. The summed E-state index contributed by atoms with van der Waals surface area (Å²) in [5.74, 6) is 0. The van der Waals surface area contributed by atoms with E-state index in [1.807, 2.05) is 0 Å². The Morgan fingerprint density at radius 2 is 1.31 bits per heavy atom. The van der Waals surface area contributed by atoms with Crippen molar-refractivity contribution in [1.82, 2.24) is 4.90 Å². The first kappa shape index (κ1) is 15.9. The lowest BCUT2D eigenvalue weighted by atomic mass is 9.96. The molecule has 0 unspecified atom stereocenters. The van der Waals surface area contributed by atoms with Crippen molar-refractivity contribution in [2.75, 3.05) is 33.5 Å². The van der Waals surface area contributed by atoms with Crippen LogP contribution in [0.3, 0.4) is 0 Å². The SMILES string of the molecule is COCCOCCN(C(C)(C)C)C(C)(C)C. The largest absolute Gasteiger partial charge is 0.382 e. The molecule has 0 radical (unpaired) electrons. The van der Waals surface area contributed by atoms with E-state index >= 15 is 0 Å². The molecule has 98 valence electrons. The average Bonchev–Trinajstić information content (AvgIpc) is 2.06. The third-order valence-electron chi connectivity index (χ3n) is 2.51. The maximum atomic E-state index is 5.53. The molecule has 3 heteroatoms. The molecule has 0 atom stereocenters.